The lowest BCUT2D eigenvalue weighted by atomic mass is 9.96. The molecular weight excluding hydrogens is 688 g/mol. The van der Waals surface area contributed by atoms with Crippen molar-refractivity contribution in [2.24, 2.45) is 0 Å². The molecule has 5 N–H and O–H groups in total. The highest BCUT2D eigenvalue weighted by Gasteiger charge is 2.31. The molecule has 292 valence electrons. The van der Waals surface area contributed by atoms with Gasteiger partial charge in [0.2, 0.25) is 5.91 Å². The average molecular weight is 745 g/mol. The molecule has 13 heteroatoms. The molecule has 2 aliphatic rings. The highest BCUT2D eigenvalue weighted by Crippen LogP contribution is 2.37. The Labute approximate surface area is 317 Å². The van der Waals surface area contributed by atoms with Gasteiger partial charge in [-0.3, -0.25) is 14.7 Å². The van der Waals surface area contributed by atoms with Crippen molar-refractivity contribution < 1.29 is 34.7 Å². The van der Waals surface area contributed by atoms with Crippen LogP contribution in [0, 0.1) is 13.8 Å². The Bertz CT molecular complexity index is 2050. The maximum absolute atomic E-state index is 13.6. The highest BCUT2D eigenvalue weighted by atomic mass is 17.1. The minimum absolute atomic E-state index is 0.00781. The number of unbranched alkanes of at least 4 members (excludes halogenated alkanes) is 1. The summed E-state index contributed by atoms with van der Waals surface area (Å²) in [5, 5.41) is 19.8. The summed E-state index contributed by atoms with van der Waals surface area (Å²) >= 11 is 0. The van der Waals surface area contributed by atoms with E-state index in [4.69, 9.17) is 15.2 Å². The van der Waals surface area contributed by atoms with Crippen molar-refractivity contribution in [1.29, 1.82) is 0 Å². The normalized spacial score (nSPS) is 13.3. The molecule has 0 saturated carbocycles. The van der Waals surface area contributed by atoms with Crippen LogP contribution < -0.4 is 5.32 Å². The van der Waals surface area contributed by atoms with Gasteiger partial charge in [-0.2, -0.15) is 10.5 Å². The second-order valence-corrected chi connectivity index (χ2v) is 13.5. The summed E-state index contributed by atoms with van der Waals surface area (Å²) in [5.74, 6) is -1.56. The summed E-state index contributed by atoms with van der Waals surface area (Å²) in [4.78, 5) is 62.9. The molecule has 1 amide bonds. The van der Waals surface area contributed by atoms with E-state index in [1.165, 1.54) is 0 Å². The van der Waals surface area contributed by atoms with Gasteiger partial charge in [0.1, 0.15) is 0 Å². The second kappa shape index (κ2) is 19.8. The van der Waals surface area contributed by atoms with Crippen molar-refractivity contribution in [1.82, 2.24) is 30.2 Å². The molecule has 1 unspecified atom stereocenters. The zero-order valence-corrected chi connectivity index (χ0v) is 33.3. The first-order valence-corrected chi connectivity index (χ1v) is 18.4. The van der Waals surface area contributed by atoms with Gasteiger partial charge in [-0.1, -0.05) is 46.8 Å². The molecule has 0 aliphatic carbocycles. The van der Waals surface area contributed by atoms with E-state index in [-0.39, 0.29) is 30.2 Å². The van der Waals surface area contributed by atoms with Gasteiger partial charge in [0, 0.05) is 70.5 Å². The van der Waals surface area contributed by atoms with E-state index >= 15 is 0 Å². The number of nitrogens with one attached hydrogen (secondary N) is 3. The van der Waals surface area contributed by atoms with Crippen LogP contribution in [0.2, 0.25) is 0 Å². The molecule has 54 heavy (non-hydrogen) atoms. The van der Waals surface area contributed by atoms with Gasteiger partial charge in [-0.05, 0) is 94.6 Å². The predicted molar refractivity (Wildman–Crippen MR) is 214 cm³/mol. The van der Waals surface area contributed by atoms with Crippen LogP contribution in [0.25, 0.3) is 39.3 Å². The molecule has 5 rings (SSSR count). The van der Waals surface area contributed by atoms with E-state index in [0.717, 1.165) is 69.3 Å². The molecular formula is C41H56N6O7. The zero-order valence-electron chi connectivity index (χ0n) is 33.3. The number of rotatable bonds is 9. The highest BCUT2D eigenvalue weighted by molar-refractivity contribution is 6.25. The van der Waals surface area contributed by atoms with Crippen LogP contribution in [0.15, 0.2) is 24.8 Å². The zero-order chi connectivity index (χ0) is 40.3. The molecule has 0 radical (unpaired) electrons. The number of likely N-dealkylation sites (N-methyl/N-ethyl adjacent to an activating group) is 1. The van der Waals surface area contributed by atoms with E-state index in [1.807, 2.05) is 26.2 Å². The standard InChI is InChI=1S/C36H43N5O4.C3H6O3.C2H7N/c1-9-12-13-41(8)33(42)15-25-30-14-19(4)26(37-30)16-27-20(5)23(10-2)31(38-27)17-28-21(6)24(11-3)32(39-28)18-29-22(7)34(35(25)40-29)36(43)45-44;1-2-3(4)6-5;1-3-2/h10,16-19,38-39,44H,2,9,11-15H2,1,3-8H3;5H,2H2,1H3;3H,1-2H3. The summed E-state index contributed by atoms with van der Waals surface area (Å²) < 4.78 is 0. The predicted octanol–water partition coefficient (Wildman–Crippen LogP) is 7.48. The number of carbonyl (C=O) groups is 3. The van der Waals surface area contributed by atoms with Crippen LogP contribution in [0.4, 0.5) is 0 Å². The molecule has 2 aliphatic heterocycles. The maximum atomic E-state index is 13.6. The van der Waals surface area contributed by atoms with Gasteiger partial charge in [0.25, 0.3) is 0 Å². The van der Waals surface area contributed by atoms with Gasteiger partial charge in [-0.25, -0.2) is 14.6 Å². The van der Waals surface area contributed by atoms with Crippen LogP contribution in [0.3, 0.4) is 0 Å². The number of H-pyrrole nitrogens is 2. The van der Waals surface area contributed by atoms with Gasteiger partial charge in [-0.15, -0.1) is 0 Å². The Hall–Kier alpha value is -5.11. The summed E-state index contributed by atoms with van der Waals surface area (Å²) in [5.41, 5.74) is 11.7. The van der Waals surface area contributed by atoms with Crippen LogP contribution in [0.1, 0.15) is 110 Å². The third kappa shape index (κ3) is 9.70. The fourth-order valence-corrected chi connectivity index (χ4v) is 6.49. The first-order chi connectivity index (χ1) is 25.7. The van der Waals surface area contributed by atoms with Crippen molar-refractivity contribution >= 4 is 57.1 Å². The minimum Gasteiger partial charge on any atom is -0.355 e. The number of carbonyl (C=O) groups excluding carboxylic acids is 3. The lowest BCUT2D eigenvalue weighted by Gasteiger charge is -2.18. The van der Waals surface area contributed by atoms with Crippen molar-refractivity contribution in [3.8, 4) is 0 Å². The third-order valence-corrected chi connectivity index (χ3v) is 9.65. The van der Waals surface area contributed by atoms with E-state index in [0.29, 0.717) is 41.2 Å². The monoisotopic (exact) mass is 744 g/mol. The Morgan fingerprint density at radius 2 is 1.61 bits per heavy atom. The number of aryl methyl sites for hydroxylation is 3. The molecule has 0 spiro atoms. The van der Waals surface area contributed by atoms with Crippen molar-refractivity contribution in [2.75, 3.05) is 27.7 Å². The van der Waals surface area contributed by atoms with Crippen LogP contribution in [0.5, 0.6) is 0 Å². The average Bonchev–Trinajstić information content (AvgIpc) is 3.86. The van der Waals surface area contributed by atoms with Crippen LogP contribution in [-0.4, -0.2) is 80.9 Å². The van der Waals surface area contributed by atoms with E-state index in [9.17, 15) is 19.6 Å². The van der Waals surface area contributed by atoms with E-state index in [1.54, 1.807) is 25.8 Å². The Kier molecular flexibility index (Phi) is 15.9. The largest absolute Gasteiger partial charge is 0.375 e. The number of hydrogen-bond donors (Lipinski definition) is 5. The quantitative estimate of drug-likeness (QED) is 0.109. The molecule has 0 aromatic carbocycles. The number of fused-ring (bicyclic) bond motifs is 8. The number of aromatic amines is 2. The van der Waals surface area contributed by atoms with Crippen molar-refractivity contribution in [3.05, 3.63) is 75.4 Å². The molecule has 0 fully saturated rings. The van der Waals surface area contributed by atoms with Crippen LogP contribution >= 0.6 is 0 Å². The van der Waals surface area contributed by atoms with E-state index in [2.05, 4.69) is 78.4 Å². The number of hydrogen-bond acceptors (Lipinski definition) is 10. The SMILES string of the molecule is C=Cc1c(C)c2cc3nc(c(CC(=O)N(C)CCCC)c4nc(cc5[nH]c(cc1[nH]2)c(C)c5CC)C(C)=C4C(=O)OO)CC3C.CCC(=O)OO.CNC. The fraction of sp³-hybridized carbons (Fsp3) is 0.439. The third-order valence-electron chi connectivity index (χ3n) is 9.65. The first kappa shape index (κ1) is 43.3. The summed E-state index contributed by atoms with van der Waals surface area (Å²) in [7, 11) is 5.54. The second-order valence-electron chi connectivity index (χ2n) is 13.5. The maximum Gasteiger partial charge on any atom is 0.375 e. The topological polar surface area (TPSA) is 183 Å². The fourth-order valence-electron chi connectivity index (χ4n) is 6.49. The summed E-state index contributed by atoms with van der Waals surface area (Å²) in [6, 6.07) is 6.10. The van der Waals surface area contributed by atoms with Crippen molar-refractivity contribution in [2.45, 2.75) is 92.9 Å². The molecule has 13 nitrogen and oxygen atoms in total. The lowest BCUT2D eigenvalue weighted by molar-refractivity contribution is -0.233. The number of amides is 1. The van der Waals surface area contributed by atoms with E-state index < -0.39 is 11.9 Å². The number of allylic oxidation sites excluding steroid dienone is 1. The van der Waals surface area contributed by atoms with Gasteiger partial charge < -0.3 is 25.1 Å². The van der Waals surface area contributed by atoms with Crippen LogP contribution in [-0.2, 0) is 43.4 Å². The lowest BCUT2D eigenvalue weighted by Crippen LogP contribution is -2.29. The summed E-state index contributed by atoms with van der Waals surface area (Å²) in [6.07, 6.45) is 5.30. The Morgan fingerprint density at radius 1 is 0.963 bits per heavy atom. The Morgan fingerprint density at radius 3 is 2.17 bits per heavy atom. The number of nitrogens with zero attached hydrogens (tertiary/aromatic N) is 3. The molecule has 1 atom stereocenters. The van der Waals surface area contributed by atoms with Crippen molar-refractivity contribution in [3.63, 3.8) is 0 Å². The molecule has 5 heterocycles. The molecule has 8 bridgehead atoms. The van der Waals surface area contributed by atoms with Gasteiger partial charge >= 0.3 is 11.9 Å². The Balaban J connectivity index is 0.000000782. The first-order valence-electron chi connectivity index (χ1n) is 18.4. The smallest absolute Gasteiger partial charge is 0.355 e. The number of aromatic nitrogens is 4. The molecule has 0 saturated heterocycles. The molecule has 3 aromatic rings. The van der Waals surface area contributed by atoms with Gasteiger partial charge in [0.15, 0.2) is 0 Å². The molecule has 3 aromatic heterocycles. The minimum atomic E-state index is -0.919. The summed E-state index contributed by atoms with van der Waals surface area (Å²) in [6.45, 7) is 18.5. The van der Waals surface area contributed by atoms with Gasteiger partial charge in [0.05, 0.1) is 23.4 Å².